The molecule has 1 rings (SSSR count). The molecule has 0 amide bonds. The fourth-order valence-electron chi connectivity index (χ4n) is 3.10. The van der Waals surface area contributed by atoms with Crippen molar-refractivity contribution in [1.82, 2.24) is 0 Å². The Morgan fingerprint density at radius 1 is 1.44 bits per heavy atom. The molecule has 25 heavy (non-hydrogen) atoms. The maximum atomic E-state index is 12.3. The van der Waals surface area contributed by atoms with Crippen LogP contribution >= 0.6 is 0 Å². The standard InChI is InChI=1S/C20H32O5/c1-7-16-10-11-20(6,23)17(24-15(5)21)9-8-14(4)19(13(2)3)25-18(22)12-16/h8-9,14,16-17,19,23H,2,7,10-12H2,1,3-6H3. The maximum absolute atomic E-state index is 12.3. The van der Waals surface area contributed by atoms with Gasteiger partial charge in [0, 0.05) is 19.3 Å². The zero-order chi connectivity index (χ0) is 19.2. The average molecular weight is 352 g/mol. The Morgan fingerprint density at radius 3 is 2.60 bits per heavy atom. The molecule has 0 saturated carbocycles. The summed E-state index contributed by atoms with van der Waals surface area (Å²) in [5.74, 6) is -0.710. The van der Waals surface area contributed by atoms with E-state index in [4.69, 9.17) is 9.47 Å². The van der Waals surface area contributed by atoms with Gasteiger partial charge in [-0.15, -0.1) is 0 Å². The molecule has 0 aromatic carbocycles. The average Bonchev–Trinajstić information content (AvgIpc) is 2.51. The van der Waals surface area contributed by atoms with Crippen LogP contribution in [-0.4, -0.2) is 34.9 Å². The molecular formula is C20H32O5. The molecule has 1 aliphatic heterocycles. The first-order valence-electron chi connectivity index (χ1n) is 8.99. The third-order valence-corrected chi connectivity index (χ3v) is 4.81. The first kappa shape index (κ1) is 21.4. The molecule has 0 bridgehead atoms. The minimum absolute atomic E-state index is 0.112. The molecule has 5 unspecified atom stereocenters. The van der Waals surface area contributed by atoms with Gasteiger partial charge in [0.2, 0.25) is 0 Å². The van der Waals surface area contributed by atoms with Crippen molar-refractivity contribution < 1.29 is 24.2 Å². The quantitative estimate of drug-likeness (QED) is 0.621. The van der Waals surface area contributed by atoms with Gasteiger partial charge in [-0.25, -0.2) is 0 Å². The normalized spacial score (nSPS) is 34.4. The van der Waals surface area contributed by atoms with E-state index in [2.05, 4.69) is 6.58 Å². The number of hydrogen-bond acceptors (Lipinski definition) is 5. The fraction of sp³-hybridized carbons (Fsp3) is 0.700. The van der Waals surface area contributed by atoms with Gasteiger partial charge in [-0.1, -0.05) is 32.9 Å². The molecule has 5 atom stereocenters. The summed E-state index contributed by atoms with van der Waals surface area (Å²) in [6, 6.07) is 0. The van der Waals surface area contributed by atoms with E-state index in [-0.39, 0.29) is 17.8 Å². The maximum Gasteiger partial charge on any atom is 0.306 e. The van der Waals surface area contributed by atoms with Gasteiger partial charge in [0.25, 0.3) is 0 Å². The van der Waals surface area contributed by atoms with Crippen molar-refractivity contribution in [2.24, 2.45) is 11.8 Å². The Bertz CT molecular complexity index is 520. The van der Waals surface area contributed by atoms with Crippen molar-refractivity contribution in [3.05, 3.63) is 24.3 Å². The first-order valence-corrected chi connectivity index (χ1v) is 8.99. The summed E-state index contributed by atoms with van der Waals surface area (Å²) in [6.07, 6.45) is 4.52. The second kappa shape index (κ2) is 9.18. The van der Waals surface area contributed by atoms with Crippen LogP contribution in [0, 0.1) is 11.8 Å². The molecule has 0 aromatic heterocycles. The molecule has 0 saturated heterocycles. The summed E-state index contributed by atoms with van der Waals surface area (Å²) in [7, 11) is 0. The second-order valence-corrected chi connectivity index (χ2v) is 7.41. The fourth-order valence-corrected chi connectivity index (χ4v) is 3.10. The summed E-state index contributed by atoms with van der Waals surface area (Å²) < 4.78 is 11.0. The van der Waals surface area contributed by atoms with Gasteiger partial charge in [0.15, 0.2) is 0 Å². The molecular weight excluding hydrogens is 320 g/mol. The van der Waals surface area contributed by atoms with Gasteiger partial charge in [-0.2, -0.15) is 0 Å². The van der Waals surface area contributed by atoms with E-state index in [1.807, 2.05) is 26.8 Å². The lowest BCUT2D eigenvalue weighted by Crippen LogP contribution is -2.41. The summed E-state index contributed by atoms with van der Waals surface area (Å²) in [6.45, 7) is 12.7. The zero-order valence-corrected chi connectivity index (χ0v) is 16.1. The van der Waals surface area contributed by atoms with Crippen LogP contribution in [0.1, 0.15) is 60.3 Å². The Labute approximate surface area is 151 Å². The van der Waals surface area contributed by atoms with E-state index >= 15 is 0 Å². The SMILES string of the molecule is C=C(C)C1OC(=O)CC(CC)CCC(C)(O)C(OC(C)=O)C=CC1C. The zero-order valence-electron chi connectivity index (χ0n) is 16.1. The van der Waals surface area contributed by atoms with Crippen LogP contribution in [0.25, 0.3) is 0 Å². The molecule has 5 nitrogen and oxygen atoms in total. The van der Waals surface area contributed by atoms with Gasteiger partial charge >= 0.3 is 11.9 Å². The highest BCUT2D eigenvalue weighted by Gasteiger charge is 2.34. The number of hydrogen-bond donors (Lipinski definition) is 1. The molecule has 0 spiro atoms. The van der Waals surface area contributed by atoms with Crippen LogP contribution < -0.4 is 0 Å². The van der Waals surface area contributed by atoms with E-state index < -0.39 is 23.8 Å². The minimum atomic E-state index is -1.20. The summed E-state index contributed by atoms with van der Waals surface area (Å²) in [4.78, 5) is 23.7. The van der Waals surface area contributed by atoms with Gasteiger partial charge in [-0.3, -0.25) is 9.59 Å². The summed E-state index contributed by atoms with van der Waals surface area (Å²) in [5, 5.41) is 10.8. The minimum Gasteiger partial charge on any atom is -0.457 e. The largest absolute Gasteiger partial charge is 0.457 e. The molecule has 0 aromatic rings. The molecule has 142 valence electrons. The number of cyclic esters (lactones) is 1. The van der Waals surface area contributed by atoms with Crippen molar-refractivity contribution in [2.45, 2.75) is 78.1 Å². The van der Waals surface area contributed by atoms with Crippen molar-refractivity contribution >= 4 is 11.9 Å². The van der Waals surface area contributed by atoms with Crippen LogP contribution in [0.15, 0.2) is 24.3 Å². The predicted molar refractivity (Wildman–Crippen MR) is 96.8 cm³/mol. The van der Waals surface area contributed by atoms with Crippen molar-refractivity contribution in [3.8, 4) is 0 Å². The lowest BCUT2D eigenvalue weighted by Gasteiger charge is -2.33. The topological polar surface area (TPSA) is 72.8 Å². The molecule has 0 fully saturated rings. The highest BCUT2D eigenvalue weighted by molar-refractivity contribution is 5.70. The van der Waals surface area contributed by atoms with Crippen LogP contribution in [0.4, 0.5) is 0 Å². The van der Waals surface area contributed by atoms with Crippen LogP contribution in [0.3, 0.4) is 0 Å². The summed E-state index contributed by atoms with van der Waals surface area (Å²) >= 11 is 0. The number of ether oxygens (including phenoxy) is 2. The Balaban J connectivity index is 3.19. The van der Waals surface area contributed by atoms with E-state index in [0.29, 0.717) is 19.3 Å². The molecule has 0 radical (unpaired) electrons. The summed E-state index contributed by atoms with van der Waals surface area (Å²) in [5.41, 5.74) is -0.441. The lowest BCUT2D eigenvalue weighted by molar-refractivity contribution is -0.156. The third kappa shape index (κ3) is 6.65. The lowest BCUT2D eigenvalue weighted by atomic mass is 9.85. The van der Waals surface area contributed by atoms with E-state index in [9.17, 15) is 14.7 Å². The van der Waals surface area contributed by atoms with Crippen LogP contribution in [0.2, 0.25) is 0 Å². The number of carbonyl (C=O) groups excluding carboxylic acids is 2. The van der Waals surface area contributed by atoms with Crippen molar-refractivity contribution in [2.75, 3.05) is 0 Å². The molecule has 1 N–H and O–H groups in total. The van der Waals surface area contributed by atoms with E-state index in [1.165, 1.54) is 6.92 Å². The third-order valence-electron chi connectivity index (χ3n) is 4.81. The number of carbonyl (C=O) groups is 2. The van der Waals surface area contributed by atoms with E-state index in [0.717, 1.165) is 12.0 Å². The van der Waals surface area contributed by atoms with Gasteiger partial charge < -0.3 is 14.6 Å². The molecule has 1 heterocycles. The van der Waals surface area contributed by atoms with E-state index in [1.54, 1.807) is 13.0 Å². The molecule has 0 aliphatic carbocycles. The predicted octanol–water partition coefficient (Wildman–Crippen LogP) is 3.56. The Morgan fingerprint density at radius 2 is 2.08 bits per heavy atom. The monoisotopic (exact) mass is 352 g/mol. The molecule has 1 aliphatic rings. The highest BCUT2D eigenvalue weighted by Crippen LogP contribution is 2.29. The van der Waals surface area contributed by atoms with Gasteiger partial charge in [0.1, 0.15) is 17.8 Å². The van der Waals surface area contributed by atoms with Crippen molar-refractivity contribution in [1.29, 1.82) is 0 Å². The Kier molecular flexibility index (Phi) is 7.87. The van der Waals surface area contributed by atoms with Crippen LogP contribution in [0.5, 0.6) is 0 Å². The first-order chi connectivity index (χ1) is 11.6. The van der Waals surface area contributed by atoms with Crippen molar-refractivity contribution in [3.63, 3.8) is 0 Å². The smallest absolute Gasteiger partial charge is 0.306 e. The van der Waals surface area contributed by atoms with Gasteiger partial charge in [0.05, 0.1) is 0 Å². The highest BCUT2D eigenvalue weighted by atomic mass is 16.6. The van der Waals surface area contributed by atoms with Gasteiger partial charge in [-0.05, 0) is 44.3 Å². The number of aliphatic hydroxyl groups is 1. The molecule has 5 heteroatoms. The second-order valence-electron chi connectivity index (χ2n) is 7.41. The number of esters is 2. The number of rotatable bonds is 3. The van der Waals surface area contributed by atoms with Crippen LogP contribution in [-0.2, 0) is 19.1 Å². The Hall–Kier alpha value is -1.62.